The van der Waals surface area contributed by atoms with E-state index in [0.29, 0.717) is 23.7 Å². The van der Waals surface area contributed by atoms with Gasteiger partial charge in [-0.25, -0.2) is 0 Å². The maximum atomic E-state index is 12.8. The van der Waals surface area contributed by atoms with Crippen LogP contribution >= 0.6 is 11.6 Å². The molecule has 1 atom stereocenters. The highest BCUT2D eigenvalue weighted by atomic mass is 35.5. The maximum Gasteiger partial charge on any atom is 0.292 e. The van der Waals surface area contributed by atoms with Crippen LogP contribution in [0.4, 0.5) is 17.1 Å². The number of hydrogen-bond donors (Lipinski definition) is 1. The lowest BCUT2D eigenvalue weighted by Gasteiger charge is -2.23. The van der Waals surface area contributed by atoms with E-state index in [1.807, 2.05) is 6.07 Å². The minimum atomic E-state index is -0.554. The van der Waals surface area contributed by atoms with Gasteiger partial charge < -0.3 is 10.2 Å². The van der Waals surface area contributed by atoms with Crippen LogP contribution in [0.3, 0.4) is 0 Å². The number of amides is 2. The molecule has 0 saturated carbocycles. The summed E-state index contributed by atoms with van der Waals surface area (Å²) in [6.45, 7) is 0.433. The molecule has 0 radical (unpaired) electrons. The van der Waals surface area contributed by atoms with Crippen molar-refractivity contribution in [1.82, 2.24) is 4.90 Å². The lowest BCUT2D eigenvalue weighted by molar-refractivity contribution is -0.383. The van der Waals surface area contributed by atoms with Crippen molar-refractivity contribution in [3.8, 4) is 0 Å². The lowest BCUT2D eigenvalue weighted by atomic mass is 10.2. The van der Waals surface area contributed by atoms with Gasteiger partial charge >= 0.3 is 0 Å². The minimum absolute atomic E-state index is 0.0706. The summed E-state index contributed by atoms with van der Waals surface area (Å²) < 4.78 is 0. The van der Waals surface area contributed by atoms with E-state index in [2.05, 4.69) is 5.32 Å². The number of hydrogen-bond acceptors (Lipinski definition) is 5. The van der Waals surface area contributed by atoms with Crippen LogP contribution in [-0.2, 0) is 9.59 Å². The van der Waals surface area contributed by atoms with Crippen molar-refractivity contribution in [1.29, 1.82) is 0 Å². The number of carbonyl (C=O) groups is 2. The molecule has 2 aromatic rings. The molecular weight excluding hydrogens is 384 g/mol. The Morgan fingerprint density at radius 3 is 2.68 bits per heavy atom. The molecule has 0 bridgehead atoms. The molecule has 1 unspecified atom stereocenters. The van der Waals surface area contributed by atoms with Gasteiger partial charge in [-0.1, -0.05) is 35.9 Å². The predicted octanol–water partition coefficient (Wildman–Crippen LogP) is 2.92. The molecule has 1 saturated heterocycles. The number of anilines is 2. The number of benzene rings is 2. The molecule has 9 heteroatoms. The number of nitro benzene ring substituents is 1. The van der Waals surface area contributed by atoms with Crippen LogP contribution in [0.1, 0.15) is 6.42 Å². The van der Waals surface area contributed by atoms with Crippen molar-refractivity contribution in [2.45, 2.75) is 12.5 Å². The monoisotopic (exact) mass is 402 g/mol. The number of halogens is 1. The molecule has 1 N–H and O–H groups in total. The molecule has 2 amide bonds. The minimum Gasteiger partial charge on any atom is -0.319 e. The third kappa shape index (κ3) is 4.13. The number of likely N-dealkylation sites (N-methyl/N-ethyl adjacent to an activating group) is 1. The predicted molar refractivity (Wildman–Crippen MR) is 107 cm³/mol. The second kappa shape index (κ2) is 8.37. The molecule has 28 heavy (non-hydrogen) atoms. The highest BCUT2D eigenvalue weighted by molar-refractivity contribution is 6.34. The topological polar surface area (TPSA) is 95.8 Å². The number of nitrogens with one attached hydrogen (secondary N) is 1. The molecule has 0 spiro atoms. The Balaban J connectivity index is 1.65. The second-order valence-electron chi connectivity index (χ2n) is 6.48. The van der Waals surface area contributed by atoms with Crippen molar-refractivity contribution >= 4 is 40.5 Å². The normalized spacial score (nSPS) is 16.5. The molecule has 1 aliphatic heterocycles. The fourth-order valence-electron chi connectivity index (χ4n) is 3.25. The average Bonchev–Trinajstić information content (AvgIpc) is 3.03. The van der Waals surface area contributed by atoms with Gasteiger partial charge in [0.05, 0.1) is 28.2 Å². The van der Waals surface area contributed by atoms with Crippen molar-refractivity contribution in [3.05, 3.63) is 63.7 Å². The average molecular weight is 403 g/mol. The molecule has 0 aliphatic carbocycles. The van der Waals surface area contributed by atoms with E-state index in [1.54, 1.807) is 41.1 Å². The largest absolute Gasteiger partial charge is 0.319 e. The summed E-state index contributed by atoms with van der Waals surface area (Å²) in [5.74, 6) is -0.560. The van der Waals surface area contributed by atoms with Gasteiger partial charge in [0.1, 0.15) is 5.69 Å². The van der Waals surface area contributed by atoms with E-state index in [4.69, 9.17) is 11.6 Å². The first-order chi connectivity index (χ1) is 13.4. The number of rotatable bonds is 6. The molecule has 1 aliphatic rings. The summed E-state index contributed by atoms with van der Waals surface area (Å²) in [6, 6.07) is 12.6. The van der Waals surface area contributed by atoms with Crippen LogP contribution in [0.25, 0.3) is 0 Å². The first-order valence-electron chi connectivity index (χ1n) is 8.68. The van der Waals surface area contributed by atoms with E-state index in [0.717, 1.165) is 0 Å². The van der Waals surface area contributed by atoms with Crippen LogP contribution in [-0.4, -0.2) is 47.8 Å². The lowest BCUT2D eigenvalue weighted by Crippen LogP contribution is -2.43. The third-order valence-corrected chi connectivity index (χ3v) is 4.94. The van der Waals surface area contributed by atoms with Crippen molar-refractivity contribution in [2.24, 2.45) is 0 Å². The van der Waals surface area contributed by atoms with Crippen LogP contribution in [0.15, 0.2) is 48.5 Å². The SMILES string of the molecule is CN(CC(=O)Nc1ccccc1[N+](=O)[O-])C1CCN(c2ccccc2Cl)C1=O. The fourth-order valence-corrected chi connectivity index (χ4v) is 3.49. The summed E-state index contributed by atoms with van der Waals surface area (Å²) in [5.41, 5.74) is 0.594. The van der Waals surface area contributed by atoms with Crippen LogP contribution in [0.2, 0.25) is 5.02 Å². The third-order valence-electron chi connectivity index (χ3n) is 4.62. The van der Waals surface area contributed by atoms with Crippen molar-refractivity contribution in [2.75, 3.05) is 30.4 Å². The van der Waals surface area contributed by atoms with Crippen LogP contribution in [0.5, 0.6) is 0 Å². The maximum absolute atomic E-state index is 12.8. The van der Waals surface area contributed by atoms with Gasteiger partial charge in [0.2, 0.25) is 11.8 Å². The zero-order valence-corrected chi connectivity index (χ0v) is 15.9. The zero-order chi connectivity index (χ0) is 20.3. The second-order valence-corrected chi connectivity index (χ2v) is 6.89. The fraction of sp³-hybridized carbons (Fsp3) is 0.263. The van der Waals surface area contributed by atoms with Crippen LogP contribution in [0, 0.1) is 10.1 Å². The Labute approximate surface area is 166 Å². The van der Waals surface area contributed by atoms with Crippen molar-refractivity contribution in [3.63, 3.8) is 0 Å². The summed E-state index contributed by atoms with van der Waals surface area (Å²) >= 11 is 6.19. The van der Waals surface area contributed by atoms with Gasteiger partial charge in [0, 0.05) is 12.6 Å². The number of nitrogens with zero attached hydrogens (tertiary/aromatic N) is 3. The van der Waals surface area contributed by atoms with E-state index in [9.17, 15) is 19.7 Å². The summed E-state index contributed by atoms with van der Waals surface area (Å²) in [5, 5.41) is 14.1. The Kier molecular flexibility index (Phi) is 5.91. The van der Waals surface area contributed by atoms with Gasteiger partial charge in [-0.15, -0.1) is 0 Å². The molecule has 8 nitrogen and oxygen atoms in total. The first-order valence-corrected chi connectivity index (χ1v) is 9.05. The van der Waals surface area contributed by atoms with E-state index < -0.39 is 16.9 Å². The summed E-state index contributed by atoms with van der Waals surface area (Å²) in [6.07, 6.45) is 0.555. The first kappa shape index (κ1) is 19.8. The van der Waals surface area contributed by atoms with Crippen molar-refractivity contribution < 1.29 is 14.5 Å². The molecule has 146 valence electrons. The highest BCUT2D eigenvalue weighted by Gasteiger charge is 2.36. The van der Waals surface area contributed by atoms with Gasteiger partial charge in [-0.3, -0.25) is 24.6 Å². The molecule has 2 aromatic carbocycles. The van der Waals surface area contributed by atoms with E-state index >= 15 is 0 Å². The quantitative estimate of drug-likeness (QED) is 0.592. The standard InChI is InChI=1S/C19H19ClN4O4/c1-22(12-18(25)21-14-7-3-5-9-16(14)24(27)28)17-10-11-23(19(17)26)15-8-4-2-6-13(15)20/h2-9,17H,10-12H2,1H3,(H,21,25). The number of para-hydroxylation sites is 3. The molecular formula is C19H19ClN4O4. The van der Waals surface area contributed by atoms with E-state index in [-0.39, 0.29) is 23.8 Å². The van der Waals surface area contributed by atoms with Crippen LogP contribution < -0.4 is 10.2 Å². The molecule has 1 fully saturated rings. The molecule has 1 heterocycles. The van der Waals surface area contributed by atoms with E-state index in [1.165, 1.54) is 18.2 Å². The Morgan fingerprint density at radius 1 is 1.29 bits per heavy atom. The zero-order valence-electron chi connectivity index (χ0n) is 15.2. The van der Waals surface area contributed by atoms with Gasteiger partial charge in [-0.05, 0) is 31.7 Å². The van der Waals surface area contributed by atoms with Gasteiger partial charge in [0.25, 0.3) is 5.69 Å². The number of nitro groups is 1. The summed E-state index contributed by atoms with van der Waals surface area (Å²) in [4.78, 5) is 38.9. The summed E-state index contributed by atoms with van der Waals surface area (Å²) in [7, 11) is 1.68. The Bertz CT molecular complexity index is 920. The Morgan fingerprint density at radius 2 is 1.96 bits per heavy atom. The number of carbonyl (C=O) groups excluding carboxylic acids is 2. The Hall–Kier alpha value is -2.97. The van der Waals surface area contributed by atoms with Gasteiger partial charge in [0.15, 0.2) is 0 Å². The molecule has 3 rings (SSSR count). The highest BCUT2D eigenvalue weighted by Crippen LogP contribution is 2.30. The smallest absolute Gasteiger partial charge is 0.292 e. The molecule has 0 aromatic heterocycles. The van der Waals surface area contributed by atoms with Gasteiger partial charge in [-0.2, -0.15) is 0 Å².